The number of nitrogens with one attached hydrogen (secondary N) is 1. The van der Waals surface area contributed by atoms with Crippen LogP contribution in [0, 0.1) is 6.92 Å². The molecule has 0 fully saturated rings. The Hall–Kier alpha value is -2.24. The van der Waals surface area contributed by atoms with Gasteiger partial charge in [0.1, 0.15) is 11.6 Å². The van der Waals surface area contributed by atoms with Gasteiger partial charge in [-0.15, -0.1) is 0 Å². The summed E-state index contributed by atoms with van der Waals surface area (Å²) >= 11 is 0. The molecule has 0 amide bonds. The molecule has 1 heterocycles. The number of ether oxygens (including phenoxy) is 1. The first kappa shape index (κ1) is 15.2. The lowest BCUT2D eigenvalue weighted by Crippen LogP contribution is -2.04. The van der Waals surface area contributed by atoms with Crippen LogP contribution in [0.4, 0.5) is 14.6 Å². The molecular formula is C15H17F2N3O. The summed E-state index contributed by atoms with van der Waals surface area (Å²) < 4.78 is 28.5. The van der Waals surface area contributed by atoms with Gasteiger partial charge in [0, 0.05) is 23.9 Å². The molecule has 1 aromatic carbocycles. The van der Waals surface area contributed by atoms with Crippen LogP contribution in [-0.2, 0) is 0 Å². The summed E-state index contributed by atoms with van der Waals surface area (Å²) in [5.41, 5.74) is 1.59. The van der Waals surface area contributed by atoms with E-state index in [0.29, 0.717) is 5.82 Å². The van der Waals surface area contributed by atoms with Crippen molar-refractivity contribution in [1.82, 2.24) is 9.97 Å². The molecule has 0 aliphatic heterocycles. The van der Waals surface area contributed by atoms with Crippen molar-refractivity contribution in [1.29, 1.82) is 0 Å². The second-order valence-corrected chi connectivity index (χ2v) is 4.55. The Morgan fingerprint density at radius 3 is 2.52 bits per heavy atom. The van der Waals surface area contributed by atoms with E-state index >= 15 is 0 Å². The lowest BCUT2D eigenvalue weighted by molar-refractivity contribution is -0.0498. The predicted molar refractivity (Wildman–Crippen MR) is 77.6 cm³/mol. The standard InChI is InChI=1S/C15H17F2N3O/c1-3-8-18-13-9-10(2)19-14(20-13)11-4-6-12(7-5-11)21-15(16)17/h4-7,9,15H,3,8H2,1-2H3,(H,18,19,20). The zero-order valence-electron chi connectivity index (χ0n) is 11.9. The van der Waals surface area contributed by atoms with Gasteiger partial charge in [0.15, 0.2) is 5.82 Å². The second kappa shape index (κ2) is 6.97. The minimum absolute atomic E-state index is 0.116. The highest BCUT2D eigenvalue weighted by Gasteiger charge is 2.07. The molecular weight excluding hydrogens is 276 g/mol. The van der Waals surface area contributed by atoms with E-state index in [1.54, 1.807) is 12.1 Å². The molecule has 1 aromatic heterocycles. The molecule has 0 saturated carbocycles. The number of hydrogen-bond donors (Lipinski definition) is 1. The van der Waals surface area contributed by atoms with Crippen LogP contribution in [0.15, 0.2) is 30.3 Å². The first-order valence-corrected chi connectivity index (χ1v) is 6.73. The molecule has 2 rings (SSSR count). The third-order valence-corrected chi connectivity index (χ3v) is 2.75. The molecule has 6 heteroatoms. The molecule has 2 aromatic rings. The molecule has 1 N–H and O–H groups in total. The smallest absolute Gasteiger partial charge is 0.387 e. The number of benzene rings is 1. The van der Waals surface area contributed by atoms with E-state index < -0.39 is 6.61 Å². The topological polar surface area (TPSA) is 47.0 Å². The van der Waals surface area contributed by atoms with Gasteiger partial charge in [-0.25, -0.2) is 9.97 Å². The van der Waals surface area contributed by atoms with Gasteiger partial charge in [-0.1, -0.05) is 6.92 Å². The van der Waals surface area contributed by atoms with E-state index in [0.717, 1.165) is 30.0 Å². The van der Waals surface area contributed by atoms with Gasteiger partial charge in [-0.05, 0) is 37.6 Å². The Bertz CT molecular complexity index is 588. The summed E-state index contributed by atoms with van der Waals surface area (Å²) in [6, 6.07) is 8.15. The molecule has 21 heavy (non-hydrogen) atoms. The molecule has 4 nitrogen and oxygen atoms in total. The van der Waals surface area contributed by atoms with Gasteiger partial charge in [-0.2, -0.15) is 8.78 Å². The summed E-state index contributed by atoms with van der Waals surface area (Å²) in [7, 11) is 0. The number of anilines is 1. The molecule has 0 atom stereocenters. The summed E-state index contributed by atoms with van der Waals surface area (Å²) in [6.45, 7) is 1.97. The first-order chi connectivity index (χ1) is 10.1. The van der Waals surface area contributed by atoms with Crippen molar-refractivity contribution in [3.05, 3.63) is 36.0 Å². The summed E-state index contributed by atoms with van der Waals surface area (Å²) in [6.07, 6.45) is 0.998. The van der Waals surface area contributed by atoms with Gasteiger partial charge < -0.3 is 10.1 Å². The Morgan fingerprint density at radius 1 is 1.19 bits per heavy atom. The Kier molecular flexibility index (Phi) is 5.03. The highest BCUT2D eigenvalue weighted by Crippen LogP contribution is 2.22. The van der Waals surface area contributed by atoms with E-state index in [-0.39, 0.29) is 5.75 Å². The van der Waals surface area contributed by atoms with Crippen molar-refractivity contribution >= 4 is 5.82 Å². The third-order valence-electron chi connectivity index (χ3n) is 2.75. The van der Waals surface area contributed by atoms with Crippen LogP contribution in [-0.4, -0.2) is 23.1 Å². The van der Waals surface area contributed by atoms with Crippen LogP contribution < -0.4 is 10.1 Å². The fourth-order valence-electron chi connectivity index (χ4n) is 1.83. The normalized spacial score (nSPS) is 10.7. The molecule has 0 radical (unpaired) electrons. The summed E-state index contributed by atoms with van der Waals surface area (Å²) in [4.78, 5) is 8.78. The number of aryl methyl sites for hydroxylation is 1. The molecule has 0 aliphatic carbocycles. The van der Waals surface area contributed by atoms with E-state index in [1.807, 2.05) is 13.0 Å². The maximum atomic E-state index is 12.1. The third kappa shape index (κ3) is 4.37. The van der Waals surface area contributed by atoms with Crippen LogP contribution in [0.1, 0.15) is 19.0 Å². The van der Waals surface area contributed by atoms with Crippen molar-refractivity contribution in [2.75, 3.05) is 11.9 Å². The van der Waals surface area contributed by atoms with E-state index in [4.69, 9.17) is 0 Å². The molecule has 0 spiro atoms. The van der Waals surface area contributed by atoms with Crippen molar-refractivity contribution in [2.45, 2.75) is 26.9 Å². The summed E-state index contributed by atoms with van der Waals surface area (Å²) in [5.74, 6) is 1.43. The van der Waals surface area contributed by atoms with Crippen molar-refractivity contribution < 1.29 is 13.5 Å². The monoisotopic (exact) mass is 293 g/mol. The van der Waals surface area contributed by atoms with Gasteiger partial charge in [0.25, 0.3) is 0 Å². The molecule has 112 valence electrons. The van der Waals surface area contributed by atoms with Crippen molar-refractivity contribution in [3.8, 4) is 17.1 Å². The number of nitrogens with zero attached hydrogens (tertiary/aromatic N) is 2. The van der Waals surface area contributed by atoms with Gasteiger partial charge in [0.05, 0.1) is 0 Å². The van der Waals surface area contributed by atoms with Crippen molar-refractivity contribution in [3.63, 3.8) is 0 Å². The number of halogens is 2. The highest BCUT2D eigenvalue weighted by atomic mass is 19.3. The van der Waals surface area contributed by atoms with Crippen molar-refractivity contribution in [2.24, 2.45) is 0 Å². The first-order valence-electron chi connectivity index (χ1n) is 6.73. The van der Waals surface area contributed by atoms with Crippen LogP contribution in [0.2, 0.25) is 0 Å². The zero-order chi connectivity index (χ0) is 15.2. The Balaban J connectivity index is 2.22. The lowest BCUT2D eigenvalue weighted by atomic mass is 10.2. The lowest BCUT2D eigenvalue weighted by Gasteiger charge is -2.08. The van der Waals surface area contributed by atoms with Gasteiger partial charge in [-0.3, -0.25) is 0 Å². The molecule has 0 bridgehead atoms. The minimum Gasteiger partial charge on any atom is -0.435 e. The summed E-state index contributed by atoms with van der Waals surface area (Å²) in [5, 5.41) is 3.21. The second-order valence-electron chi connectivity index (χ2n) is 4.55. The number of alkyl halides is 2. The Labute approximate surface area is 122 Å². The number of rotatable bonds is 6. The van der Waals surface area contributed by atoms with Crippen LogP contribution >= 0.6 is 0 Å². The average molecular weight is 293 g/mol. The number of aromatic nitrogens is 2. The molecule has 0 aliphatic rings. The van der Waals surface area contributed by atoms with E-state index in [2.05, 4.69) is 26.9 Å². The van der Waals surface area contributed by atoms with Crippen LogP contribution in [0.3, 0.4) is 0 Å². The van der Waals surface area contributed by atoms with Crippen LogP contribution in [0.5, 0.6) is 5.75 Å². The van der Waals surface area contributed by atoms with Crippen LogP contribution in [0.25, 0.3) is 11.4 Å². The van der Waals surface area contributed by atoms with Gasteiger partial charge >= 0.3 is 6.61 Å². The predicted octanol–water partition coefficient (Wildman–Crippen LogP) is 3.88. The minimum atomic E-state index is -2.82. The SMILES string of the molecule is CCCNc1cc(C)nc(-c2ccc(OC(F)F)cc2)n1. The van der Waals surface area contributed by atoms with E-state index in [1.165, 1.54) is 12.1 Å². The fourth-order valence-corrected chi connectivity index (χ4v) is 1.83. The number of hydrogen-bond acceptors (Lipinski definition) is 4. The Morgan fingerprint density at radius 2 is 1.90 bits per heavy atom. The average Bonchev–Trinajstić information content (AvgIpc) is 2.44. The zero-order valence-corrected chi connectivity index (χ0v) is 11.9. The largest absolute Gasteiger partial charge is 0.435 e. The maximum Gasteiger partial charge on any atom is 0.387 e. The van der Waals surface area contributed by atoms with Gasteiger partial charge in [0.2, 0.25) is 0 Å². The maximum absolute atomic E-state index is 12.1. The van der Waals surface area contributed by atoms with E-state index in [9.17, 15) is 8.78 Å². The molecule has 0 saturated heterocycles. The quantitative estimate of drug-likeness (QED) is 0.878. The molecule has 0 unspecified atom stereocenters. The highest BCUT2D eigenvalue weighted by molar-refractivity contribution is 5.58. The fraction of sp³-hybridized carbons (Fsp3) is 0.333.